The summed E-state index contributed by atoms with van der Waals surface area (Å²) in [6.07, 6.45) is -4.11. The molecule has 0 rings (SSSR count). The number of alkyl halides is 3. The topological polar surface area (TPSA) is 15.3 Å². The first-order valence-electron chi connectivity index (χ1n) is 5.83. The highest BCUT2D eigenvalue weighted by Crippen LogP contribution is 2.20. The third-order valence-corrected chi connectivity index (χ3v) is 2.90. The molecule has 0 aromatic rings. The summed E-state index contributed by atoms with van der Waals surface area (Å²) in [6.45, 7) is 8.81. The first-order chi connectivity index (χ1) is 7.31. The number of rotatable bonds is 7. The lowest BCUT2D eigenvalue weighted by molar-refractivity contribution is -0.151. The lowest BCUT2D eigenvalue weighted by Gasteiger charge is -2.32. The molecule has 0 saturated carbocycles. The molecule has 0 spiro atoms. The van der Waals surface area contributed by atoms with Gasteiger partial charge in [-0.05, 0) is 32.5 Å². The molecule has 0 saturated heterocycles. The lowest BCUT2D eigenvalue weighted by atomic mass is 10.0. The van der Waals surface area contributed by atoms with Crippen molar-refractivity contribution in [3.8, 4) is 0 Å². The van der Waals surface area contributed by atoms with Crippen molar-refractivity contribution in [2.24, 2.45) is 5.92 Å². The largest absolute Gasteiger partial charge is 0.401 e. The van der Waals surface area contributed by atoms with Crippen LogP contribution >= 0.6 is 0 Å². The SMILES string of the molecule is CCNCC(C)C(C)N(CC)CC(F)(F)F. The number of hydrogen-bond acceptors (Lipinski definition) is 2. The Balaban J connectivity index is 4.23. The molecule has 0 aliphatic carbocycles. The van der Waals surface area contributed by atoms with Crippen LogP contribution in [0.4, 0.5) is 13.2 Å². The molecule has 0 amide bonds. The van der Waals surface area contributed by atoms with Crippen LogP contribution in [0.3, 0.4) is 0 Å². The molecule has 1 N–H and O–H groups in total. The molecule has 0 bridgehead atoms. The highest BCUT2D eigenvalue weighted by Gasteiger charge is 2.33. The minimum Gasteiger partial charge on any atom is -0.317 e. The summed E-state index contributed by atoms with van der Waals surface area (Å²) in [5.41, 5.74) is 0. The van der Waals surface area contributed by atoms with Gasteiger partial charge in [0.2, 0.25) is 0 Å². The zero-order valence-electron chi connectivity index (χ0n) is 10.6. The van der Waals surface area contributed by atoms with Gasteiger partial charge in [-0.3, -0.25) is 4.90 Å². The molecule has 98 valence electrons. The van der Waals surface area contributed by atoms with Gasteiger partial charge in [0.1, 0.15) is 0 Å². The average molecular weight is 240 g/mol. The van der Waals surface area contributed by atoms with Gasteiger partial charge in [0.25, 0.3) is 0 Å². The lowest BCUT2D eigenvalue weighted by Crippen LogP contribution is -2.45. The number of nitrogens with zero attached hydrogens (tertiary/aromatic N) is 1. The van der Waals surface area contributed by atoms with Gasteiger partial charge in [0.05, 0.1) is 6.54 Å². The Bertz CT molecular complexity index is 183. The van der Waals surface area contributed by atoms with Gasteiger partial charge in [0, 0.05) is 6.04 Å². The summed E-state index contributed by atoms with van der Waals surface area (Å²) < 4.78 is 36.9. The molecule has 5 heteroatoms. The van der Waals surface area contributed by atoms with Gasteiger partial charge < -0.3 is 5.32 Å². The molecule has 0 aliphatic rings. The van der Waals surface area contributed by atoms with Crippen LogP contribution < -0.4 is 5.32 Å². The Morgan fingerprint density at radius 2 is 1.75 bits per heavy atom. The molecule has 2 nitrogen and oxygen atoms in total. The van der Waals surface area contributed by atoms with Crippen LogP contribution in [0.25, 0.3) is 0 Å². The summed E-state index contributed by atoms with van der Waals surface area (Å²) in [4.78, 5) is 1.47. The van der Waals surface area contributed by atoms with Gasteiger partial charge in [0.15, 0.2) is 0 Å². The van der Waals surface area contributed by atoms with E-state index in [-0.39, 0.29) is 12.0 Å². The van der Waals surface area contributed by atoms with Crippen LogP contribution in [0.2, 0.25) is 0 Å². The molecule has 0 fully saturated rings. The van der Waals surface area contributed by atoms with Crippen molar-refractivity contribution >= 4 is 0 Å². The predicted molar refractivity (Wildman–Crippen MR) is 60.5 cm³/mol. The fraction of sp³-hybridized carbons (Fsp3) is 1.00. The van der Waals surface area contributed by atoms with E-state index in [2.05, 4.69) is 5.32 Å². The van der Waals surface area contributed by atoms with E-state index < -0.39 is 12.7 Å². The van der Waals surface area contributed by atoms with E-state index in [9.17, 15) is 13.2 Å². The fourth-order valence-electron chi connectivity index (χ4n) is 1.68. The van der Waals surface area contributed by atoms with Gasteiger partial charge in [-0.15, -0.1) is 0 Å². The summed E-state index contributed by atoms with van der Waals surface area (Å²) in [5, 5.41) is 3.16. The molecule has 0 aromatic carbocycles. The maximum Gasteiger partial charge on any atom is 0.401 e. The van der Waals surface area contributed by atoms with Gasteiger partial charge in [-0.25, -0.2) is 0 Å². The van der Waals surface area contributed by atoms with Gasteiger partial charge >= 0.3 is 6.18 Å². The van der Waals surface area contributed by atoms with Crippen LogP contribution in [0.5, 0.6) is 0 Å². The van der Waals surface area contributed by atoms with E-state index in [1.165, 1.54) is 4.90 Å². The van der Waals surface area contributed by atoms with Crippen molar-refractivity contribution in [1.82, 2.24) is 10.2 Å². The Kier molecular flexibility index (Phi) is 6.99. The van der Waals surface area contributed by atoms with Crippen LogP contribution in [0, 0.1) is 5.92 Å². The summed E-state index contributed by atoms with van der Waals surface area (Å²) >= 11 is 0. The van der Waals surface area contributed by atoms with Crippen molar-refractivity contribution in [1.29, 1.82) is 0 Å². The average Bonchev–Trinajstić information content (AvgIpc) is 2.20. The highest BCUT2D eigenvalue weighted by atomic mass is 19.4. The molecular weight excluding hydrogens is 217 g/mol. The second-order valence-electron chi connectivity index (χ2n) is 4.20. The normalized spacial score (nSPS) is 16.5. The van der Waals surface area contributed by atoms with Gasteiger partial charge in [-0.2, -0.15) is 13.2 Å². The molecule has 0 heterocycles. The first kappa shape index (κ1) is 15.7. The number of nitrogens with one attached hydrogen (secondary N) is 1. The van der Waals surface area contributed by atoms with E-state index in [1.54, 1.807) is 6.92 Å². The number of hydrogen-bond donors (Lipinski definition) is 1. The molecule has 16 heavy (non-hydrogen) atoms. The Morgan fingerprint density at radius 1 is 1.19 bits per heavy atom. The second kappa shape index (κ2) is 7.12. The van der Waals surface area contributed by atoms with E-state index >= 15 is 0 Å². The summed E-state index contributed by atoms with van der Waals surface area (Å²) in [5.74, 6) is 0.210. The maximum atomic E-state index is 12.3. The first-order valence-corrected chi connectivity index (χ1v) is 5.83. The molecule has 0 aromatic heterocycles. The van der Waals surface area contributed by atoms with Gasteiger partial charge in [-0.1, -0.05) is 20.8 Å². The summed E-state index contributed by atoms with van der Waals surface area (Å²) in [6, 6.07) is -0.0642. The molecular formula is C11H23F3N2. The van der Waals surface area contributed by atoms with Crippen molar-refractivity contribution in [2.45, 2.75) is 39.9 Å². The van der Waals surface area contributed by atoms with E-state index in [1.807, 2.05) is 20.8 Å². The smallest absolute Gasteiger partial charge is 0.317 e. The third-order valence-electron chi connectivity index (χ3n) is 2.90. The van der Waals surface area contributed by atoms with Crippen LogP contribution in [-0.2, 0) is 0 Å². The Labute approximate surface area is 96.2 Å². The molecule has 0 aliphatic heterocycles. The zero-order valence-corrected chi connectivity index (χ0v) is 10.6. The molecule has 0 radical (unpaired) electrons. The quantitative estimate of drug-likeness (QED) is 0.735. The standard InChI is InChI=1S/C11H23F3N2/c1-5-15-7-9(3)10(4)16(6-2)8-11(12,13)14/h9-10,15H,5-8H2,1-4H3. The maximum absolute atomic E-state index is 12.3. The minimum atomic E-state index is -4.11. The van der Waals surface area contributed by atoms with Crippen LogP contribution in [0.1, 0.15) is 27.7 Å². The zero-order chi connectivity index (χ0) is 12.8. The van der Waals surface area contributed by atoms with Crippen LogP contribution in [0.15, 0.2) is 0 Å². The molecule has 2 unspecified atom stereocenters. The van der Waals surface area contributed by atoms with Crippen molar-refractivity contribution in [3.05, 3.63) is 0 Å². The highest BCUT2D eigenvalue weighted by molar-refractivity contribution is 4.75. The van der Waals surface area contributed by atoms with E-state index in [4.69, 9.17) is 0 Å². The Morgan fingerprint density at radius 3 is 2.12 bits per heavy atom. The third kappa shape index (κ3) is 6.33. The van der Waals surface area contributed by atoms with Crippen molar-refractivity contribution in [3.63, 3.8) is 0 Å². The number of halogens is 3. The van der Waals surface area contributed by atoms with E-state index in [0.717, 1.165) is 13.1 Å². The van der Waals surface area contributed by atoms with Crippen molar-refractivity contribution < 1.29 is 13.2 Å². The van der Waals surface area contributed by atoms with Crippen LogP contribution in [-0.4, -0.2) is 43.3 Å². The predicted octanol–water partition coefficient (Wildman–Crippen LogP) is 2.50. The molecule has 2 atom stereocenters. The Hall–Kier alpha value is -0.290. The monoisotopic (exact) mass is 240 g/mol. The minimum absolute atomic E-state index is 0.0642. The second-order valence-corrected chi connectivity index (χ2v) is 4.20. The van der Waals surface area contributed by atoms with Crippen molar-refractivity contribution in [2.75, 3.05) is 26.2 Å². The van der Waals surface area contributed by atoms with E-state index in [0.29, 0.717) is 6.54 Å². The fourth-order valence-corrected chi connectivity index (χ4v) is 1.68. The summed E-state index contributed by atoms with van der Waals surface area (Å²) in [7, 11) is 0.